The van der Waals surface area contributed by atoms with Gasteiger partial charge in [0.1, 0.15) is 11.9 Å². The van der Waals surface area contributed by atoms with E-state index in [0.717, 1.165) is 23.6 Å². The van der Waals surface area contributed by atoms with Gasteiger partial charge in [-0.25, -0.2) is 4.98 Å². The molecule has 0 aliphatic carbocycles. The molecule has 3 aromatic rings. The Hall–Kier alpha value is -2.60. The number of piperidine rings is 1. The van der Waals surface area contributed by atoms with Gasteiger partial charge in [0.05, 0.1) is 22.4 Å². The van der Waals surface area contributed by atoms with Crippen LogP contribution in [0.4, 0.5) is 0 Å². The summed E-state index contributed by atoms with van der Waals surface area (Å²) in [4.78, 5) is 19.5. The SMILES string of the molecule is CCOc1ccccc1C(=O)N1CCC(Oc2nc3c(C)ccc(C)c3s2)CC1. The number of para-hydroxylation sites is 1. The van der Waals surface area contributed by atoms with Crippen LogP contribution in [0.2, 0.25) is 0 Å². The quantitative estimate of drug-likeness (QED) is 0.594. The van der Waals surface area contributed by atoms with Gasteiger partial charge in [-0.3, -0.25) is 4.79 Å². The number of rotatable bonds is 5. The minimum Gasteiger partial charge on any atom is -0.493 e. The summed E-state index contributed by atoms with van der Waals surface area (Å²) in [7, 11) is 0. The Kier molecular flexibility index (Phi) is 5.72. The molecule has 1 aliphatic rings. The van der Waals surface area contributed by atoms with E-state index in [1.807, 2.05) is 36.1 Å². The first-order valence-electron chi connectivity index (χ1n) is 10.1. The number of aromatic nitrogens is 1. The molecule has 0 atom stereocenters. The number of ether oxygens (including phenoxy) is 2. The largest absolute Gasteiger partial charge is 0.493 e. The lowest BCUT2D eigenvalue weighted by Gasteiger charge is -2.32. The average Bonchev–Trinajstić information content (AvgIpc) is 3.17. The van der Waals surface area contributed by atoms with Gasteiger partial charge in [0, 0.05) is 25.9 Å². The molecule has 1 saturated heterocycles. The Morgan fingerprint density at radius 3 is 2.59 bits per heavy atom. The number of hydrogen-bond acceptors (Lipinski definition) is 5. The van der Waals surface area contributed by atoms with Gasteiger partial charge in [-0.05, 0) is 44.0 Å². The molecule has 29 heavy (non-hydrogen) atoms. The van der Waals surface area contributed by atoms with Crippen LogP contribution in [0.3, 0.4) is 0 Å². The zero-order valence-electron chi connectivity index (χ0n) is 17.1. The van der Waals surface area contributed by atoms with Crippen molar-refractivity contribution >= 4 is 27.5 Å². The van der Waals surface area contributed by atoms with Crippen LogP contribution < -0.4 is 9.47 Å². The summed E-state index contributed by atoms with van der Waals surface area (Å²) in [5.41, 5.74) is 4.06. The van der Waals surface area contributed by atoms with Gasteiger partial charge in [0.15, 0.2) is 0 Å². The molecule has 1 fully saturated rings. The Labute approximate surface area is 175 Å². The van der Waals surface area contributed by atoms with Crippen molar-refractivity contribution in [3.63, 3.8) is 0 Å². The third-order valence-corrected chi connectivity index (χ3v) is 6.42. The average molecular weight is 411 g/mol. The highest BCUT2D eigenvalue weighted by Crippen LogP contribution is 2.34. The van der Waals surface area contributed by atoms with E-state index in [-0.39, 0.29) is 12.0 Å². The molecule has 0 radical (unpaired) electrons. The normalized spacial score (nSPS) is 14.9. The fourth-order valence-corrected chi connectivity index (χ4v) is 4.73. The Morgan fingerprint density at radius 1 is 1.14 bits per heavy atom. The van der Waals surface area contributed by atoms with Crippen LogP contribution in [-0.4, -0.2) is 41.6 Å². The summed E-state index contributed by atoms with van der Waals surface area (Å²) in [5, 5.41) is 0.726. The highest BCUT2D eigenvalue weighted by Gasteiger charge is 2.27. The van der Waals surface area contributed by atoms with Crippen molar-refractivity contribution in [2.75, 3.05) is 19.7 Å². The summed E-state index contributed by atoms with van der Waals surface area (Å²) < 4.78 is 13.0. The maximum Gasteiger partial charge on any atom is 0.274 e. The molecular weight excluding hydrogens is 384 g/mol. The second-order valence-corrected chi connectivity index (χ2v) is 8.36. The molecule has 152 valence electrons. The molecule has 0 N–H and O–H groups in total. The number of nitrogens with zero attached hydrogens (tertiary/aromatic N) is 2. The van der Waals surface area contributed by atoms with Crippen LogP contribution in [0.15, 0.2) is 36.4 Å². The van der Waals surface area contributed by atoms with Crippen molar-refractivity contribution in [3.05, 3.63) is 53.1 Å². The van der Waals surface area contributed by atoms with Crippen LogP contribution in [0.25, 0.3) is 10.2 Å². The van der Waals surface area contributed by atoms with E-state index in [4.69, 9.17) is 14.5 Å². The van der Waals surface area contributed by atoms with Gasteiger partial charge in [-0.1, -0.05) is 35.6 Å². The molecule has 6 heteroatoms. The topological polar surface area (TPSA) is 51.7 Å². The zero-order valence-corrected chi connectivity index (χ0v) is 17.9. The number of likely N-dealkylation sites (tertiary alicyclic amines) is 1. The van der Waals surface area contributed by atoms with Gasteiger partial charge in [-0.2, -0.15) is 0 Å². The minimum absolute atomic E-state index is 0.0266. The number of thiazole rings is 1. The molecule has 1 aliphatic heterocycles. The van der Waals surface area contributed by atoms with Gasteiger partial charge >= 0.3 is 0 Å². The summed E-state index contributed by atoms with van der Waals surface area (Å²) >= 11 is 1.61. The maximum atomic E-state index is 12.9. The molecule has 5 nitrogen and oxygen atoms in total. The lowest BCUT2D eigenvalue weighted by molar-refractivity contribution is 0.0592. The van der Waals surface area contributed by atoms with E-state index in [2.05, 4.69) is 26.0 Å². The molecule has 1 aromatic heterocycles. The van der Waals surface area contributed by atoms with Crippen molar-refractivity contribution < 1.29 is 14.3 Å². The summed E-state index contributed by atoms with van der Waals surface area (Å²) in [6, 6.07) is 11.7. The van der Waals surface area contributed by atoms with Crippen molar-refractivity contribution in [2.24, 2.45) is 0 Å². The van der Waals surface area contributed by atoms with E-state index in [9.17, 15) is 4.79 Å². The molecule has 0 unspecified atom stereocenters. The predicted molar refractivity (Wildman–Crippen MR) is 116 cm³/mol. The monoisotopic (exact) mass is 410 g/mol. The van der Waals surface area contributed by atoms with Crippen LogP contribution in [-0.2, 0) is 0 Å². The van der Waals surface area contributed by atoms with E-state index in [1.54, 1.807) is 11.3 Å². The molecule has 2 aromatic carbocycles. The number of aryl methyl sites for hydroxylation is 2. The molecule has 0 saturated carbocycles. The number of carbonyl (C=O) groups is 1. The predicted octanol–water partition coefficient (Wildman–Crippen LogP) is 5.00. The minimum atomic E-state index is 0.0266. The van der Waals surface area contributed by atoms with Crippen LogP contribution in [0, 0.1) is 13.8 Å². The van der Waals surface area contributed by atoms with Gasteiger partial charge in [0.25, 0.3) is 11.1 Å². The molecule has 0 spiro atoms. The van der Waals surface area contributed by atoms with E-state index in [1.165, 1.54) is 15.8 Å². The molecule has 0 bridgehead atoms. The Morgan fingerprint density at radius 2 is 1.86 bits per heavy atom. The third-order valence-electron chi connectivity index (χ3n) is 5.34. The fourth-order valence-electron chi connectivity index (χ4n) is 3.70. The molecule has 2 heterocycles. The molecule has 1 amide bonds. The number of fused-ring (bicyclic) bond motifs is 1. The first-order valence-corrected chi connectivity index (χ1v) is 10.9. The fraction of sp³-hybridized carbons (Fsp3) is 0.391. The Balaban J connectivity index is 1.40. The smallest absolute Gasteiger partial charge is 0.274 e. The summed E-state index contributed by atoms with van der Waals surface area (Å²) in [6.07, 6.45) is 1.69. The first-order chi connectivity index (χ1) is 14.1. The van der Waals surface area contributed by atoms with E-state index < -0.39 is 0 Å². The van der Waals surface area contributed by atoms with Gasteiger partial charge < -0.3 is 14.4 Å². The second kappa shape index (κ2) is 8.41. The summed E-state index contributed by atoms with van der Waals surface area (Å²) in [5.74, 6) is 0.678. The van der Waals surface area contributed by atoms with Crippen molar-refractivity contribution in [1.82, 2.24) is 9.88 Å². The zero-order chi connectivity index (χ0) is 20.4. The van der Waals surface area contributed by atoms with E-state index >= 15 is 0 Å². The number of hydrogen-bond donors (Lipinski definition) is 0. The highest BCUT2D eigenvalue weighted by molar-refractivity contribution is 7.20. The Bertz CT molecular complexity index is 983. The number of benzene rings is 2. The standard InChI is InChI=1S/C23H26N2O3S/c1-4-27-19-8-6-5-7-18(19)22(26)25-13-11-17(12-14-25)28-23-24-20-15(2)9-10-16(3)21(20)29-23/h5-10,17H,4,11-14H2,1-3H3. The molecular formula is C23H26N2O3S. The van der Waals surface area contributed by atoms with Crippen LogP contribution in [0.1, 0.15) is 41.3 Å². The van der Waals surface area contributed by atoms with Crippen molar-refractivity contribution in [1.29, 1.82) is 0 Å². The molecule has 4 rings (SSSR count). The van der Waals surface area contributed by atoms with Crippen LogP contribution >= 0.6 is 11.3 Å². The van der Waals surface area contributed by atoms with Gasteiger partial charge in [0.2, 0.25) is 0 Å². The number of carbonyl (C=O) groups excluding carboxylic acids is 1. The van der Waals surface area contributed by atoms with Crippen molar-refractivity contribution in [2.45, 2.75) is 39.7 Å². The van der Waals surface area contributed by atoms with Gasteiger partial charge in [-0.15, -0.1) is 0 Å². The lowest BCUT2D eigenvalue weighted by Crippen LogP contribution is -2.41. The lowest BCUT2D eigenvalue weighted by atomic mass is 10.1. The van der Waals surface area contributed by atoms with E-state index in [0.29, 0.717) is 31.0 Å². The second-order valence-electron chi connectivity index (χ2n) is 7.40. The number of amides is 1. The third kappa shape index (κ3) is 4.08. The first kappa shape index (κ1) is 19.7. The summed E-state index contributed by atoms with van der Waals surface area (Å²) in [6.45, 7) is 8.00. The maximum absolute atomic E-state index is 12.9. The van der Waals surface area contributed by atoms with Crippen LogP contribution in [0.5, 0.6) is 10.9 Å². The van der Waals surface area contributed by atoms with Crippen molar-refractivity contribution in [3.8, 4) is 10.9 Å². The highest BCUT2D eigenvalue weighted by atomic mass is 32.1.